The van der Waals surface area contributed by atoms with Crippen molar-refractivity contribution < 1.29 is 9.53 Å². The van der Waals surface area contributed by atoms with Gasteiger partial charge >= 0.3 is 0 Å². The summed E-state index contributed by atoms with van der Waals surface area (Å²) in [6.07, 6.45) is 0. The predicted molar refractivity (Wildman–Crippen MR) is 53.0 cm³/mol. The molecule has 0 bridgehead atoms. The number of hydrogen-bond acceptors (Lipinski definition) is 2. The van der Waals surface area contributed by atoms with Crippen molar-refractivity contribution in [3.63, 3.8) is 0 Å². The number of carbonyl (C=O) groups is 1. The third-order valence-electron chi connectivity index (χ3n) is 1.37. The van der Waals surface area contributed by atoms with Crippen LogP contribution in [0, 0.1) is 0 Å². The van der Waals surface area contributed by atoms with Crippen molar-refractivity contribution in [1.82, 2.24) is 0 Å². The van der Waals surface area contributed by atoms with Gasteiger partial charge in [0.25, 0.3) is 0 Å². The zero-order valence-corrected chi connectivity index (χ0v) is 8.53. The molecule has 0 fully saturated rings. The summed E-state index contributed by atoms with van der Waals surface area (Å²) in [6.45, 7) is 0.157. The lowest BCUT2D eigenvalue weighted by Crippen LogP contribution is -2.06. The van der Waals surface area contributed by atoms with Gasteiger partial charge in [-0.2, -0.15) is 0 Å². The normalized spacial score (nSPS) is 8.75. The maximum absolute atomic E-state index is 11.1. The molecule has 0 aromatic heterocycles. The van der Waals surface area contributed by atoms with Crippen LogP contribution in [-0.2, 0) is 4.74 Å². The van der Waals surface area contributed by atoms with E-state index in [-0.39, 0.29) is 29.4 Å². The molecule has 0 aliphatic carbocycles. The van der Waals surface area contributed by atoms with E-state index >= 15 is 0 Å². The number of halogens is 1. The van der Waals surface area contributed by atoms with Gasteiger partial charge in [0, 0.05) is 12.7 Å². The van der Waals surface area contributed by atoms with E-state index < -0.39 is 0 Å². The van der Waals surface area contributed by atoms with E-state index in [4.69, 9.17) is 4.74 Å². The Kier molecular flexibility index (Phi) is 5.58. The molecule has 0 saturated carbocycles. The first-order chi connectivity index (χ1) is 5.34. The summed E-state index contributed by atoms with van der Waals surface area (Å²) in [5.41, 5.74) is 0.703. The van der Waals surface area contributed by atoms with Gasteiger partial charge in [-0.25, -0.2) is 0 Å². The number of Topliss-reactive ketones (excluding diaryl/α,β-unsaturated/α-hetero) is 1. The second-order valence-corrected chi connectivity index (χ2v) is 2.22. The standard InChI is InChI=1S/C9H10O2.BrH/c1-11-7-9(10)8-5-3-2-4-6-8;/h2-6H,7H2,1H3;1H. The van der Waals surface area contributed by atoms with Crippen LogP contribution in [0.1, 0.15) is 10.4 Å². The quantitative estimate of drug-likeness (QED) is 0.744. The lowest BCUT2D eigenvalue weighted by atomic mass is 10.1. The maximum Gasteiger partial charge on any atom is 0.188 e. The number of ketones is 1. The zero-order valence-electron chi connectivity index (χ0n) is 6.82. The van der Waals surface area contributed by atoms with Crippen LogP contribution in [0.5, 0.6) is 0 Å². The van der Waals surface area contributed by atoms with Crippen LogP contribution in [0.3, 0.4) is 0 Å². The first-order valence-electron chi connectivity index (χ1n) is 3.42. The number of rotatable bonds is 3. The van der Waals surface area contributed by atoms with Crippen molar-refractivity contribution in [2.24, 2.45) is 0 Å². The van der Waals surface area contributed by atoms with Crippen LogP contribution in [0.4, 0.5) is 0 Å². The third kappa shape index (κ3) is 3.15. The molecule has 1 aromatic carbocycles. The van der Waals surface area contributed by atoms with Crippen LogP contribution in [0.15, 0.2) is 30.3 Å². The van der Waals surface area contributed by atoms with Crippen molar-refractivity contribution in [3.05, 3.63) is 35.9 Å². The fraction of sp³-hybridized carbons (Fsp3) is 0.222. The highest BCUT2D eigenvalue weighted by Crippen LogP contribution is 1.99. The predicted octanol–water partition coefficient (Wildman–Crippen LogP) is 2.09. The van der Waals surface area contributed by atoms with Crippen LogP contribution >= 0.6 is 17.0 Å². The monoisotopic (exact) mass is 230 g/mol. The fourth-order valence-corrected chi connectivity index (χ4v) is 0.838. The number of carbonyl (C=O) groups excluding carboxylic acids is 1. The number of ether oxygens (including phenoxy) is 1. The molecule has 0 spiro atoms. The van der Waals surface area contributed by atoms with Gasteiger partial charge < -0.3 is 4.74 Å². The molecule has 66 valence electrons. The van der Waals surface area contributed by atoms with Crippen molar-refractivity contribution in [3.8, 4) is 0 Å². The van der Waals surface area contributed by atoms with Crippen molar-refractivity contribution in [2.75, 3.05) is 13.7 Å². The summed E-state index contributed by atoms with van der Waals surface area (Å²) in [5.74, 6) is 0.0214. The molecule has 0 atom stereocenters. The summed E-state index contributed by atoms with van der Waals surface area (Å²) < 4.78 is 4.71. The Hall–Kier alpha value is -0.670. The third-order valence-corrected chi connectivity index (χ3v) is 1.37. The number of benzene rings is 1. The Morgan fingerprint density at radius 1 is 1.33 bits per heavy atom. The van der Waals surface area contributed by atoms with E-state index in [2.05, 4.69) is 0 Å². The van der Waals surface area contributed by atoms with E-state index in [0.717, 1.165) is 0 Å². The molecule has 0 amide bonds. The molecule has 0 saturated heterocycles. The van der Waals surface area contributed by atoms with Crippen LogP contribution in [-0.4, -0.2) is 19.5 Å². The molecule has 0 radical (unpaired) electrons. The summed E-state index contributed by atoms with van der Waals surface area (Å²) in [5, 5.41) is 0. The average molecular weight is 231 g/mol. The number of methoxy groups -OCH3 is 1. The van der Waals surface area contributed by atoms with Gasteiger partial charge in [0.05, 0.1) is 0 Å². The van der Waals surface area contributed by atoms with Crippen LogP contribution in [0.25, 0.3) is 0 Å². The van der Waals surface area contributed by atoms with Crippen molar-refractivity contribution in [2.45, 2.75) is 0 Å². The minimum Gasteiger partial charge on any atom is -0.377 e. The van der Waals surface area contributed by atoms with Gasteiger partial charge in [0.1, 0.15) is 6.61 Å². The van der Waals surface area contributed by atoms with Gasteiger partial charge in [0.15, 0.2) is 5.78 Å². The number of hydrogen-bond donors (Lipinski definition) is 0. The highest BCUT2D eigenvalue weighted by atomic mass is 79.9. The Morgan fingerprint density at radius 2 is 1.92 bits per heavy atom. The SMILES string of the molecule is Br.COCC(=O)c1ccccc1. The van der Waals surface area contributed by atoms with E-state index in [1.807, 2.05) is 18.2 Å². The zero-order chi connectivity index (χ0) is 8.10. The molecule has 0 aliphatic rings. The molecular formula is C9H11BrO2. The molecular weight excluding hydrogens is 220 g/mol. The van der Waals surface area contributed by atoms with E-state index in [1.54, 1.807) is 12.1 Å². The average Bonchev–Trinajstić information content (AvgIpc) is 2.07. The fourth-order valence-electron chi connectivity index (χ4n) is 0.838. The van der Waals surface area contributed by atoms with E-state index in [0.29, 0.717) is 5.56 Å². The molecule has 1 rings (SSSR count). The Morgan fingerprint density at radius 3 is 2.42 bits per heavy atom. The molecule has 0 N–H and O–H groups in total. The molecule has 2 nitrogen and oxygen atoms in total. The lowest BCUT2D eigenvalue weighted by molar-refractivity contribution is 0.0848. The van der Waals surface area contributed by atoms with Gasteiger partial charge in [-0.3, -0.25) is 4.79 Å². The largest absolute Gasteiger partial charge is 0.377 e. The molecule has 0 unspecified atom stereocenters. The topological polar surface area (TPSA) is 26.3 Å². The lowest BCUT2D eigenvalue weighted by Gasteiger charge is -1.97. The molecule has 0 aliphatic heterocycles. The highest BCUT2D eigenvalue weighted by molar-refractivity contribution is 8.93. The highest BCUT2D eigenvalue weighted by Gasteiger charge is 2.01. The summed E-state index contributed by atoms with van der Waals surface area (Å²) in [6, 6.07) is 9.11. The summed E-state index contributed by atoms with van der Waals surface area (Å²) in [4.78, 5) is 11.1. The maximum atomic E-state index is 11.1. The molecule has 1 aromatic rings. The molecule has 0 heterocycles. The summed E-state index contributed by atoms with van der Waals surface area (Å²) >= 11 is 0. The van der Waals surface area contributed by atoms with Gasteiger partial charge in [0.2, 0.25) is 0 Å². The van der Waals surface area contributed by atoms with Gasteiger partial charge in [-0.1, -0.05) is 30.3 Å². The second kappa shape index (κ2) is 5.91. The molecule has 3 heteroatoms. The first kappa shape index (κ1) is 11.3. The minimum absolute atomic E-state index is 0. The van der Waals surface area contributed by atoms with Crippen LogP contribution < -0.4 is 0 Å². The first-order valence-corrected chi connectivity index (χ1v) is 3.42. The second-order valence-electron chi connectivity index (χ2n) is 2.22. The molecule has 12 heavy (non-hydrogen) atoms. The summed E-state index contributed by atoms with van der Waals surface area (Å²) in [7, 11) is 1.51. The Balaban J connectivity index is 0.00000121. The van der Waals surface area contributed by atoms with Gasteiger partial charge in [-0.05, 0) is 0 Å². The Labute approximate surface area is 82.3 Å². The van der Waals surface area contributed by atoms with Gasteiger partial charge in [-0.15, -0.1) is 17.0 Å². The smallest absolute Gasteiger partial charge is 0.188 e. The van der Waals surface area contributed by atoms with Crippen LogP contribution in [0.2, 0.25) is 0 Å². The van der Waals surface area contributed by atoms with E-state index in [9.17, 15) is 4.79 Å². The van der Waals surface area contributed by atoms with E-state index in [1.165, 1.54) is 7.11 Å². The van der Waals surface area contributed by atoms with Crippen molar-refractivity contribution >= 4 is 22.8 Å². The minimum atomic E-state index is 0. The van der Waals surface area contributed by atoms with Crippen molar-refractivity contribution in [1.29, 1.82) is 0 Å². The Bertz CT molecular complexity index is 234.